The number of carboxylic acids is 1. The van der Waals surface area contributed by atoms with Gasteiger partial charge in [0.25, 0.3) is 0 Å². The van der Waals surface area contributed by atoms with E-state index in [1.165, 1.54) is 6.20 Å². The highest BCUT2D eigenvalue weighted by molar-refractivity contribution is 6.42. The molecule has 25 heavy (non-hydrogen) atoms. The van der Waals surface area contributed by atoms with Crippen molar-refractivity contribution in [1.82, 2.24) is 20.3 Å². The molecule has 0 spiro atoms. The summed E-state index contributed by atoms with van der Waals surface area (Å²) in [6.07, 6.45) is 1.71. The Labute approximate surface area is 153 Å². The number of aromatic nitrogens is 3. The fraction of sp³-hybridized carbons (Fsp3) is 0.333. The lowest BCUT2D eigenvalue weighted by Crippen LogP contribution is -2.32. The highest BCUT2D eigenvalue weighted by atomic mass is 35.5. The summed E-state index contributed by atoms with van der Waals surface area (Å²) in [7, 11) is 1.57. The van der Waals surface area contributed by atoms with Crippen LogP contribution in [0, 0.1) is 0 Å². The van der Waals surface area contributed by atoms with E-state index in [9.17, 15) is 9.59 Å². The number of carbonyl (C=O) groups is 2. The van der Waals surface area contributed by atoms with Crippen molar-refractivity contribution in [3.63, 3.8) is 0 Å². The van der Waals surface area contributed by atoms with Gasteiger partial charge in [-0.05, 0) is 24.1 Å². The van der Waals surface area contributed by atoms with Crippen LogP contribution in [-0.2, 0) is 16.1 Å². The van der Waals surface area contributed by atoms with Gasteiger partial charge in [-0.1, -0.05) is 34.5 Å². The number of nitrogens with zero attached hydrogens (tertiary/aromatic N) is 3. The van der Waals surface area contributed by atoms with E-state index < -0.39 is 5.97 Å². The molecule has 0 saturated carbocycles. The van der Waals surface area contributed by atoms with Crippen LogP contribution < -0.4 is 5.32 Å². The second-order valence-electron chi connectivity index (χ2n) is 5.18. The number of halogens is 2. The van der Waals surface area contributed by atoms with Gasteiger partial charge in [-0.2, -0.15) is 0 Å². The Bertz CT molecular complexity index is 766. The molecular formula is C15H16Cl2N4O4. The van der Waals surface area contributed by atoms with Gasteiger partial charge >= 0.3 is 5.97 Å². The van der Waals surface area contributed by atoms with E-state index in [-0.39, 0.29) is 24.2 Å². The lowest BCUT2D eigenvalue weighted by atomic mass is 10.0. The van der Waals surface area contributed by atoms with Crippen LogP contribution in [0.15, 0.2) is 24.4 Å². The van der Waals surface area contributed by atoms with E-state index >= 15 is 0 Å². The van der Waals surface area contributed by atoms with Gasteiger partial charge in [0.2, 0.25) is 5.91 Å². The molecule has 0 bridgehead atoms. The van der Waals surface area contributed by atoms with Crippen LogP contribution in [0.1, 0.15) is 28.5 Å². The number of nitrogens with one attached hydrogen (secondary N) is 1. The summed E-state index contributed by atoms with van der Waals surface area (Å²) in [4.78, 5) is 23.0. The van der Waals surface area contributed by atoms with Crippen molar-refractivity contribution in [2.45, 2.75) is 19.0 Å². The fourth-order valence-electron chi connectivity index (χ4n) is 2.15. The molecule has 1 aromatic carbocycles. The molecule has 2 aromatic rings. The molecule has 2 N–H and O–H groups in total. The number of hydrogen-bond donors (Lipinski definition) is 2. The van der Waals surface area contributed by atoms with Crippen LogP contribution in [-0.4, -0.2) is 45.7 Å². The average Bonchev–Trinajstić information content (AvgIpc) is 3.02. The summed E-state index contributed by atoms with van der Waals surface area (Å²) in [5.41, 5.74) is 0.554. The number of aromatic carboxylic acids is 1. The molecule has 10 heteroatoms. The van der Waals surface area contributed by atoms with Gasteiger partial charge in [0, 0.05) is 13.7 Å². The van der Waals surface area contributed by atoms with Gasteiger partial charge in [0.05, 0.1) is 22.3 Å². The first kappa shape index (κ1) is 19.2. The summed E-state index contributed by atoms with van der Waals surface area (Å²) >= 11 is 12.0. The van der Waals surface area contributed by atoms with E-state index in [4.69, 9.17) is 33.0 Å². The molecule has 0 radical (unpaired) electrons. The van der Waals surface area contributed by atoms with Crippen LogP contribution >= 0.6 is 23.2 Å². The summed E-state index contributed by atoms with van der Waals surface area (Å²) in [5.74, 6) is -1.56. The number of rotatable bonds is 8. The Morgan fingerprint density at radius 3 is 2.72 bits per heavy atom. The number of carbonyl (C=O) groups excluding carboxylic acids is 1. The smallest absolute Gasteiger partial charge is 0.358 e. The third kappa shape index (κ3) is 5.42. The monoisotopic (exact) mass is 386 g/mol. The normalized spacial score (nSPS) is 12.0. The van der Waals surface area contributed by atoms with Gasteiger partial charge in [-0.15, -0.1) is 5.10 Å². The number of benzene rings is 1. The van der Waals surface area contributed by atoms with E-state index in [0.717, 1.165) is 10.2 Å². The van der Waals surface area contributed by atoms with Crippen molar-refractivity contribution in [3.8, 4) is 0 Å². The molecule has 0 aliphatic rings. The van der Waals surface area contributed by atoms with Crippen molar-refractivity contribution >= 4 is 35.1 Å². The second-order valence-corrected chi connectivity index (χ2v) is 6.00. The van der Waals surface area contributed by atoms with Crippen LogP contribution in [0.4, 0.5) is 0 Å². The Balaban J connectivity index is 2.08. The van der Waals surface area contributed by atoms with E-state index in [2.05, 4.69) is 15.6 Å². The van der Waals surface area contributed by atoms with E-state index in [0.29, 0.717) is 23.1 Å². The van der Waals surface area contributed by atoms with Crippen molar-refractivity contribution in [3.05, 3.63) is 45.7 Å². The van der Waals surface area contributed by atoms with E-state index in [1.807, 2.05) is 0 Å². The Hall–Kier alpha value is -2.16. The molecular weight excluding hydrogens is 371 g/mol. The highest BCUT2D eigenvalue weighted by Crippen LogP contribution is 2.27. The molecule has 8 nitrogen and oxygen atoms in total. The number of amides is 1. The standard InChI is InChI=1S/C15H16Cl2N4O4/c1-25-5-4-12(9-2-3-10(16)11(17)6-9)18-14(22)8-21-7-13(15(23)24)19-20-21/h2-3,6-7,12H,4-5,8H2,1H3,(H,18,22)(H,23,24). The quantitative estimate of drug-likeness (QED) is 0.719. The molecule has 0 aliphatic heterocycles. The number of carboxylic acid groups (broad SMARTS) is 1. The van der Waals surface area contributed by atoms with Crippen LogP contribution in [0.5, 0.6) is 0 Å². The van der Waals surface area contributed by atoms with Crippen molar-refractivity contribution in [1.29, 1.82) is 0 Å². The maximum atomic E-state index is 12.2. The number of ether oxygens (including phenoxy) is 1. The van der Waals surface area contributed by atoms with Crippen molar-refractivity contribution < 1.29 is 19.4 Å². The Kier molecular flexibility index (Phi) is 6.74. The first-order chi connectivity index (χ1) is 11.9. The predicted molar refractivity (Wildman–Crippen MR) is 90.8 cm³/mol. The maximum absolute atomic E-state index is 12.2. The number of hydrogen-bond acceptors (Lipinski definition) is 5. The minimum absolute atomic E-state index is 0.162. The maximum Gasteiger partial charge on any atom is 0.358 e. The molecule has 1 amide bonds. The third-order valence-corrected chi connectivity index (χ3v) is 4.09. The lowest BCUT2D eigenvalue weighted by molar-refractivity contribution is -0.122. The lowest BCUT2D eigenvalue weighted by Gasteiger charge is -2.19. The van der Waals surface area contributed by atoms with Crippen LogP contribution in [0.2, 0.25) is 10.0 Å². The Morgan fingerprint density at radius 2 is 2.12 bits per heavy atom. The molecule has 2 rings (SSSR count). The molecule has 0 aliphatic carbocycles. The van der Waals surface area contributed by atoms with Crippen molar-refractivity contribution in [2.24, 2.45) is 0 Å². The molecule has 1 heterocycles. The first-order valence-corrected chi connectivity index (χ1v) is 8.03. The topological polar surface area (TPSA) is 106 Å². The molecule has 0 saturated heterocycles. The molecule has 1 atom stereocenters. The zero-order chi connectivity index (χ0) is 18.4. The minimum Gasteiger partial charge on any atom is -0.476 e. The van der Waals surface area contributed by atoms with Crippen molar-refractivity contribution in [2.75, 3.05) is 13.7 Å². The number of methoxy groups -OCH3 is 1. The zero-order valence-electron chi connectivity index (χ0n) is 13.3. The van der Waals surface area contributed by atoms with Crippen LogP contribution in [0.25, 0.3) is 0 Å². The highest BCUT2D eigenvalue weighted by Gasteiger charge is 2.17. The third-order valence-electron chi connectivity index (χ3n) is 3.36. The summed E-state index contributed by atoms with van der Waals surface area (Å²) in [5, 5.41) is 19.5. The minimum atomic E-state index is -1.21. The summed E-state index contributed by atoms with van der Waals surface area (Å²) < 4.78 is 6.23. The second kappa shape index (κ2) is 8.80. The van der Waals surface area contributed by atoms with Crippen LogP contribution in [0.3, 0.4) is 0 Å². The average molecular weight is 387 g/mol. The van der Waals surface area contributed by atoms with Gasteiger partial charge in [-0.25, -0.2) is 9.48 Å². The summed E-state index contributed by atoms with van der Waals surface area (Å²) in [6.45, 7) is 0.267. The Morgan fingerprint density at radius 1 is 1.36 bits per heavy atom. The van der Waals surface area contributed by atoms with Gasteiger partial charge in [-0.3, -0.25) is 4.79 Å². The molecule has 0 fully saturated rings. The predicted octanol–water partition coefficient (Wildman–Crippen LogP) is 2.18. The molecule has 134 valence electrons. The molecule has 1 aromatic heterocycles. The summed E-state index contributed by atoms with van der Waals surface area (Å²) in [6, 6.07) is 4.77. The zero-order valence-corrected chi connectivity index (χ0v) is 14.8. The molecule has 1 unspecified atom stereocenters. The SMILES string of the molecule is COCCC(NC(=O)Cn1cc(C(=O)O)nn1)c1ccc(Cl)c(Cl)c1. The fourth-order valence-corrected chi connectivity index (χ4v) is 2.45. The largest absolute Gasteiger partial charge is 0.476 e. The van der Waals surface area contributed by atoms with E-state index in [1.54, 1.807) is 25.3 Å². The first-order valence-electron chi connectivity index (χ1n) is 7.27. The van der Waals surface area contributed by atoms with Gasteiger partial charge < -0.3 is 15.2 Å². The van der Waals surface area contributed by atoms with Gasteiger partial charge in [0.15, 0.2) is 5.69 Å². The van der Waals surface area contributed by atoms with Gasteiger partial charge in [0.1, 0.15) is 6.54 Å².